The van der Waals surface area contributed by atoms with Crippen molar-refractivity contribution in [2.45, 2.75) is 26.3 Å². The quantitative estimate of drug-likeness (QED) is 0.365. The van der Waals surface area contributed by atoms with Crippen LogP contribution in [0.2, 0.25) is 0 Å². The molecule has 0 spiro atoms. The van der Waals surface area contributed by atoms with Crippen molar-refractivity contribution in [3.05, 3.63) is 94.5 Å². The Balaban J connectivity index is 1.56. The molecule has 6 rings (SSSR count). The number of H-pyrrole nitrogens is 1. The fourth-order valence-corrected chi connectivity index (χ4v) is 4.77. The van der Waals surface area contributed by atoms with Gasteiger partial charge in [0.1, 0.15) is 11.5 Å². The molecule has 0 radical (unpaired) electrons. The van der Waals surface area contributed by atoms with E-state index < -0.39 is 0 Å². The summed E-state index contributed by atoms with van der Waals surface area (Å²) in [6.45, 7) is 4.49. The molecule has 4 heterocycles. The van der Waals surface area contributed by atoms with Crippen LogP contribution in [0.4, 0.5) is 11.8 Å². The predicted molar refractivity (Wildman–Crippen MR) is 141 cm³/mol. The van der Waals surface area contributed by atoms with Crippen LogP contribution in [0.5, 0.6) is 0 Å². The first-order valence-corrected chi connectivity index (χ1v) is 12.3. The van der Waals surface area contributed by atoms with E-state index >= 15 is 0 Å². The van der Waals surface area contributed by atoms with E-state index in [0.29, 0.717) is 12.2 Å². The second-order valence-electron chi connectivity index (χ2n) is 9.22. The van der Waals surface area contributed by atoms with Crippen LogP contribution in [0.25, 0.3) is 28.0 Å². The van der Waals surface area contributed by atoms with Crippen molar-refractivity contribution >= 4 is 17.4 Å². The third-order valence-corrected chi connectivity index (χ3v) is 6.74. The van der Waals surface area contributed by atoms with Gasteiger partial charge in [-0.25, -0.2) is 14.9 Å². The molecule has 3 N–H and O–H groups in total. The maximum absolute atomic E-state index is 13.5. The van der Waals surface area contributed by atoms with Crippen molar-refractivity contribution < 1.29 is 4.40 Å². The first-order chi connectivity index (χ1) is 17.6. The number of nitrogens with one attached hydrogen (secondary N) is 1. The summed E-state index contributed by atoms with van der Waals surface area (Å²) in [5, 5.41) is 3.36. The number of aromatic nitrogens is 5. The molecule has 36 heavy (non-hydrogen) atoms. The summed E-state index contributed by atoms with van der Waals surface area (Å²) < 4.78 is 3.09. The highest BCUT2D eigenvalue weighted by Crippen LogP contribution is 2.35. The number of hydrogen-bond donors (Lipinski definition) is 2. The Bertz CT molecular complexity index is 1600. The Hall–Kier alpha value is -4.46. The first-order valence-electron chi connectivity index (χ1n) is 12.3. The number of pyridine rings is 1. The Morgan fingerprint density at radius 2 is 1.69 bits per heavy atom. The Labute approximate surface area is 208 Å². The second-order valence-corrected chi connectivity index (χ2v) is 9.22. The maximum Gasteiger partial charge on any atom is 0.428 e. The minimum atomic E-state index is -0.236. The van der Waals surface area contributed by atoms with Crippen molar-refractivity contribution in [1.82, 2.24) is 19.7 Å². The molecule has 0 bridgehead atoms. The highest BCUT2D eigenvalue weighted by Gasteiger charge is 2.27. The van der Waals surface area contributed by atoms with Crippen molar-refractivity contribution in [1.29, 1.82) is 0 Å². The van der Waals surface area contributed by atoms with E-state index in [0.717, 1.165) is 59.0 Å². The summed E-state index contributed by atoms with van der Waals surface area (Å²) in [6.07, 6.45) is 1.89. The van der Waals surface area contributed by atoms with Crippen LogP contribution in [-0.2, 0) is 13.0 Å². The molecule has 0 amide bonds. The molecule has 1 aliphatic heterocycles. The molecule has 1 saturated heterocycles. The summed E-state index contributed by atoms with van der Waals surface area (Å²) in [4.78, 5) is 25.2. The van der Waals surface area contributed by atoms with Gasteiger partial charge in [0.25, 0.3) is 0 Å². The molecule has 1 fully saturated rings. The normalized spacial score (nSPS) is 13.2. The molecule has 0 unspecified atom stereocenters. The van der Waals surface area contributed by atoms with Gasteiger partial charge in [0, 0.05) is 30.8 Å². The van der Waals surface area contributed by atoms with Gasteiger partial charge in [0.2, 0.25) is 5.65 Å². The number of aryl methyl sites for hydroxylation is 3. The summed E-state index contributed by atoms with van der Waals surface area (Å²) in [5.41, 5.74) is 12.3. The molecule has 0 saturated carbocycles. The Morgan fingerprint density at radius 3 is 2.39 bits per heavy atom. The molecular formula is C28H28N7O+. The van der Waals surface area contributed by atoms with Crippen molar-refractivity contribution in [2.24, 2.45) is 0 Å². The largest absolute Gasteiger partial charge is 0.428 e. The summed E-state index contributed by atoms with van der Waals surface area (Å²) in [6, 6.07) is 24.2. The van der Waals surface area contributed by atoms with Crippen molar-refractivity contribution in [3.63, 3.8) is 0 Å². The van der Waals surface area contributed by atoms with Crippen LogP contribution in [0.1, 0.15) is 17.7 Å². The number of benzene rings is 2. The number of hydrogen-bond acceptors (Lipinski definition) is 5. The van der Waals surface area contributed by atoms with Crippen LogP contribution in [0, 0.1) is 6.92 Å². The van der Waals surface area contributed by atoms with Crippen LogP contribution >= 0.6 is 0 Å². The van der Waals surface area contributed by atoms with E-state index in [-0.39, 0.29) is 11.6 Å². The van der Waals surface area contributed by atoms with Gasteiger partial charge in [0.15, 0.2) is 0 Å². The lowest BCUT2D eigenvalue weighted by molar-refractivity contribution is -0.516. The molecule has 5 aromatic rings. The van der Waals surface area contributed by atoms with Gasteiger partial charge in [-0.05, 0) is 36.6 Å². The average molecular weight is 479 g/mol. The average Bonchev–Trinajstić information content (AvgIpc) is 3.19. The molecule has 8 heteroatoms. The lowest BCUT2D eigenvalue weighted by Crippen LogP contribution is -2.44. The number of fused-ring (bicyclic) bond motifs is 1. The van der Waals surface area contributed by atoms with Crippen LogP contribution in [-0.4, -0.2) is 32.8 Å². The van der Waals surface area contributed by atoms with Gasteiger partial charge >= 0.3 is 11.6 Å². The maximum atomic E-state index is 13.5. The molecule has 180 valence electrons. The lowest BCUT2D eigenvalue weighted by atomic mass is 9.99. The van der Waals surface area contributed by atoms with Gasteiger partial charge < -0.3 is 10.6 Å². The van der Waals surface area contributed by atoms with E-state index in [1.54, 1.807) is 4.68 Å². The Morgan fingerprint density at radius 1 is 0.972 bits per heavy atom. The van der Waals surface area contributed by atoms with Crippen LogP contribution in [0.15, 0.2) is 77.6 Å². The van der Waals surface area contributed by atoms with Crippen molar-refractivity contribution in [3.8, 4) is 22.4 Å². The summed E-state index contributed by atoms with van der Waals surface area (Å²) >= 11 is 0. The predicted octanol–water partition coefficient (Wildman–Crippen LogP) is 3.38. The van der Waals surface area contributed by atoms with Crippen LogP contribution in [0.3, 0.4) is 0 Å². The van der Waals surface area contributed by atoms with Crippen LogP contribution < -0.4 is 20.7 Å². The third kappa shape index (κ3) is 3.90. The monoisotopic (exact) mass is 478 g/mol. The zero-order chi connectivity index (χ0) is 24.6. The second kappa shape index (κ2) is 8.96. The molecule has 1 aliphatic rings. The molecular weight excluding hydrogens is 450 g/mol. The zero-order valence-corrected chi connectivity index (χ0v) is 20.2. The number of aromatic amines is 1. The van der Waals surface area contributed by atoms with E-state index in [4.69, 9.17) is 15.7 Å². The SMILES string of the molecule is Cc1cc(-c2c(-c3ccccc3)nc(N)[n+]3c(=O)n(CCc4ccccc4)[nH]c23)cc(N2CCC2)n1. The molecule has 3 aromatic heterocycles. The Kier molecular flexibility index (Phi) is 5.48. The smallest absolute Gasteiger partial charge is 0.356 e. The topological polar surface area (TPSA) is 96.9 Å². The number of nitrogen functional groups attached to an aromatic ring is 1. The van der Waals surface area contributed by atoms with Gasteiger partial charge in [0.05, 0.1) is 12.1 Å². The van der Waals surface area contributed by atoms with Gasteiger partial charge in [-0.1, -0.05) is 60.7 Å². The highest BCUT2D eigenvalue weighted by molar-refractivity contribution is 5.89. The molecule has 8 nitrogen and oxygen atoms in total. The molecule has 2 aromatic carbocycles. The highest BCUT2D eigenvalue weighted by atomic mass is 16.2. The summed E-state index contributed by atoms with van der Waals surface area (Å²) in [7, 11) is 0. The lowest BCUT2D eigenvalue weighted by Gasteiger charge is -2.32. The van der Waals surface area contributed by atoms with Gasteiger partial charge in [-0.2, -0.15) is 4.68 Å². The zero-order valence-electron chi connectivity index (χ0n) is 20.2. The van der Waals surface area contributed by atoms with E-state index in [1.165, 1.54) is 10.8 Å². The number of nitrogens with two attached hydrogens (primary N) is 1. The van der Waals surface area contributed by atoms with Crippen molar-refractivity contribution in [2.75, 3.05) is 23.7 Å². The fraction of sp³-hybridized carbons (Fsp3) is 0.214. The standard InChI is InChI=1S/C28H27N7O/c1-19-17-22(18-23(30-19)33-14-8-15-33)24-25(21-11-6-3-7-12-21)31-27(29)35-26(24)32-34(28(35)36)16-13-20-9-4-2-5-10-20/h2-7,9-12,17-18H,8,13-16H2,1H3,(H2,29,30,31,32)/p+1. The minimum absolute atomic E-state index is 0.154. The molecule has 0 atom stereocenters. The van der Waals surface area contributed by atoms with Gasteiger partial charge in [-0.15, -0.1) is 9.38 Å². The number of anilines is 2. The third-order valence-electron chi connectivity index (χ3n) is 6.74. The first kappa shape index (κ1) is 22.0. The molecule has 0 aliphatic carbocycles. The van der Waals surface area contributed by atoms with E-state index in [1.807, 2.05) is 61.5 Å². The van der Waals surface area contributed by atoms with Gasteiger partial charge in [-0.3, -0.25) is 0 Å². The summed E-state index contributed by atoms with van der Waals surface area (Å²) in [5.74, 6) is 1.09. The number of nitrogens with zero attached hydrogens (tertiary/aromatic N) is 5. The minimum Gasteiger partial charge on any atom is -0.356 e. The number of rotatable bonds is 6. The fourth-order valence-electron chi connectivity index (χ4n) is 4.77. The van der Waals surface area contributed by atoms with E-state index in [9.17, 15) is 4.79 Å². The van der Waals surface area contributed by atoms with E-state index in [2.05, 4.69) is 28.2 Å².